The number of rotatable bonds is 5. The van der Waals surface area contributed by atoms with Crippen LogP contribution in [0.2, 0.25) is 0 Å². The molecule has 31 heavy (non-hydrogen) atoms. The van der Waals surface area contributed by atoms with Gasteiger partial charge < -0.3 is 9.47 Å². The van der Waals surface area contributed by atoms with E-state index in [0.717, 1.165) is 35.3 Å². The topological polar surface area (TPSA) is 77.5 Å². The van der Waals surface area contributed by atoms with Crippen LogP contribution in [-0.4, -0.2) is 22.2 Å². The Kier molecular flexibility index (Phi) is 5.03. The van der Waals surface area contributed by atoms with Gasteiger partial charge in [0.05, 0.1) is 12.0 Å². The van der Waals surface area contributed by atoms with Gasteiger partial charge in [-0.2, -0.15) is 0 Å². The molecule has 156 valence electrons. The van der Waals surface area contributed by atoms with Crippen LogP contribution < -0.4 is 14.2 Å². The molecule has 2 atom stereocenters. The van der Waals surface area contributed by atoms with E-state index in [1.54, 1.807) is 13.3 Å². The fourth-order valence-electron chi connectivity index (χ4n) is 4.15. The number of ether oxygens (including phenoxy) is 2. The van der Waals surface area contributed by atoms with Crippen LogP contribution in [0.15, 0.2) is 66.9 Å². The molecular weight excluding hydrogens is 412 g/mol. The highest BCUT2D eigenvalue weighted by Gasteiger charge is 2.27. The van der Waals surface area contributed by atoms with Gasteiger partial charge in [-0.25, -0.2) is 9.19 Å². The van der Waals surface area contributed by atoms with Gasteiger partial charge in [-0.1, -0.05) is 30.3 Å². The van der Waals surface area contributed by atoms with Gasteiger partial charge in [0.2, 0.25) is 5.88 Å². The summed E-state index contributed by atoms with van der Waals surface area (Å²) in [5, 5.41) is 0. The quantitative estimate of drug-likeness (QED) is 0.660. The molecule has 1 aliphatic heterocycles. The molecule has 2 aliphatic rings. The molecular formula is C24H20N2O4S. The van der Waals surface area contributed by atoms with Crippen molar-refractivity contribution in [3.8, 4) is 22.8 Å². The van der Waals surface area contributed by atoms with Crippen molar-refractivity contribution < 1.29 is 18.5 Å². The lowest BCUT2D eigenvalue weighted by Crippen LogP contribution is -2.16. The first kappa shape index (κ1) is 19.5. The Labute approximate surface area is 182 Å². The molecule has 1 aliphatic carbocycles. The van der Waals surface area contributed by atoms with Gasteiger partial charge in [-0.05, 0) is 59.4 Å². The van der Waals surface area contributed by atoms with Crippen molar-refractivity contribution in [2.45, 2.75) is 18.9 Å². The molecule has 1 amide bonds. The van der Waals surface area contributed by atoms with Crippen molar-refractivity contribution >= 4 is 21.8 Å². The summed E-state index contributed by atoms with van der Waals surface area (Å²) in [6.07, 6.45) is 4.83. The zero-order valence-corrected chi connectivity index (χ0v) is 17.6. The maximum absolute atomic E-state index is 11.9. The standard InChI is InChI=1S/C24H20N2O4S/c1-29-24-20(6-3-13-25-24)17-4-2-5-19-18(17)11-12-21(19)30-16-9-7-15(8-10-16)22-14-23(27)26-31(22)28/h2-10,13-14,21H,11-12H2,1H3,(H,26,27)/t21-,31?/m1/s1. The smallest absolute Gasteiger partial charge is 0.257 e. The lowest BCUT2D eigenvalue weighted by Gasteiger charge is -2.16. The summed E-state index contributed by atoms with van der Waals surface area (Å²) in [7, 11) is 0.132. The first-order valence-corrected chi connectivity index (χ1v) is 11.1. The van der Waals surface area contributed by atoms with E-state index in [1.807, 2.05) is 42.5 Å². The van der Waals surface area contributed by atoms with Crippen LogP contribution in [0.25, 0.3) is 16.0 Å². The number of aromatic nitrogens is 1. The molecule has 1 N–H and O–H groups in total. The molecule has 6 nitrogen and oxygen atoms in total. The van der Waals surface area contributed by atoms with Gasteiger partial charge in [-0.3, -0.25) is 9.52 Å². The maximum atomic E-state index is 11.9. The van der Waals surface area contributed by atoms with E-state index >= 15 is 0 Å². The Hall–Kier alpha value is -3.45. The monoisotopic (exact) mass is 432 g/mol. The molecule has 0 saturated heterocycles. The van der Waals surface area contributed by atoms with Crippen molar-refractivity contribution in [2.24, 2.45) is 0 Å². The van der Waals surface area contributed by atoms with Gasteiger partial charge >= 0.3 is 0 Å². The largest absolute Gasteiger partial charge is 0.486 e. The molecule has 0 saturated carbocycles. The van der Waals surface area contributed by atoms with E-state index < -0.39 is 11.0 Å². The zero-order valence-electron chi connectivity index (χ0n) is 16.8. The fraction of sp³-hybridized carbons (Fsp3) is 0.167. The number of fused-ring (bicyclic) bond motifs is 1. The number of benzene rings is 2. The maximum Gasteiger partial charge on any atom is 0.257 e. The minimum atomic E-state index is -1.50. The van der Waals surface area contributed by atoms with Gasteiger partial charge in [0.1, 0.15) is 11.9 Å². The number of carbonyl (C=O) groups excluding carboxylic acids is 1. The average Bonchev–Trinajstić information content (AvgIpc) is 3.36. The molecule has 3 aromatic rings. The summed E-state index contributed by atoms with van der Waals surface area (Å²) in [5.74, 6) is 1.01. The van der Waals surface area contributed by atoms with E-state index in [4.69, 9.17) is 9.47 Å². The fourth-order valence-corrected chi connectivity index (χ4v) is 5.07. The highest BCUT2D eigenvalue weighted by Crippen LogP contribution is 2.41. The first-order chi connectivity index (χ1) is 15.1. The second-order valence-corrected chi connectivity index (χ2v) is 8.53. The van der Waals surface area contributed by atoms with E-state index in [9.17, 15) is 9.00 Å². The zero-order chi connectivity index (χ0) is 21.4. The Balaban J connectivity index is 1.40. The van der Waals surface area contributed by atoms with Gasteiger partial charge in [0.15, 0.2) is 11.0 Å². The third-order valence-electron chi connectivity index (χ3n) is 5.54. The van der Waals surface area contributed by atoms with Gasteiger partial charge in [-0.15, -0.1) is 0 Å². The van der Waals surface area contributed by atoms with Crippen molar-refractivity contribution in [3.63, 3.8) is 0 Å². The number of nitrogens with zero attached hydrogens (tertiary/aromatic N) is 1. The van der Waals surface area contributed by atoms with Crippen LogP contribution >= 0.6 is 0 Å². The summed E-state index contributed by atoms with van der Waals surface area (Å²) in [6, 6.07) is 17.5. The first-order valence-electron chi connectivity index (χ1n) is 9.96. The summed E-state index contributed by atoms with van der Waals surface area (Å²) < 4.78 is 26.1. The summed E-state index contributed by atoms with van der Waals surface area (Å²) >= 11 is 0. The third-order valence-corrected chi connectivity index (χ3v) is 6.68. The third kappa shape index (κ3) is 3.61. The lowest BCUT2D eigenvalue weighted by atomic mass is 9.97. The second kappa shape index (κ2) is 8.00. The molecule has 2 aromatic carbocycles. The summed E-state index contributed by atoms with van der Waals surface area (Å²) in [4.78, 5) is 16.2. The minimum Gasteiger partial charge on any atom is -0.486 e. The summed E-state index contributed by atoms with van der Waals surface area (Å²) in [5.41, 5.74) is 5.26. The van der Waals surface area contributed by atoms with Crippen LogP contribution in [0.4, 0.5) is 0 Å². The van der Waals surface area contributed by atoms with Crippen LogP contribution in [0.1, 0.15) is 29.2 Å². The van der Waals surface area contributed by atoms with E-state index in [2.05, 4.69) is 21.8 Å². The van der Waals surface area contributed by atoms with E-state index in [0.29, 0.717) is 10.8 Å². The van der Waals surface area contributed by atoms with Crippen molar-refractivity contribution in [1.82, 2.24) is 9.71 Å². The summed E-state index contributed by atoms with van der Waals surface area (Å²) in [6.45, 7) is 0. The number of carbonyl (C=O) groups is 1. The molecule has 5 rings (SSSR count). The number of methoxy groups -OCH3 is 1. The normalized spacial score (nSPS) is 19.5. The SMILES string of the molecule is COc1ncccc1-c1cccc2c1CC[C@H]2Oc1ccc(C2=CC(=O)NS2=O)cc1. The molecule has 1 aromatic heterocycles. The number of nitrogens with one attached hydrogen (secondary N) is 1. The van der Waals surface area contributed by atoms with Crippen molar-refractivity contribution in [3.05, 3.63) is 83.6 Å². The Bertz CT molecular complexity index is 1220. The van der Waals surface area contributed by atoms with E-state index in [-0.39, 0.29) is 12.0 Å². The number of hydrogen-bond donors (Lipinski definition) is 1. The molecule has 0 bridgehead atoms. The second-order valence-electron chi connectivity index (χ2n) is 7.35. The predicted octanol–water partition coefficient (Wildman–Crippen LogP) is 3.96. The van der Waals surface area contributed by atoms with Crippen LogP contribution in [-0.2, 0) is 22.2 Å². The van der Waals surface area contributed by atoms with Crippen LogP contribution in [0.5, 0.6) is 11.6 Å². The molecule has 0 radical (unpaired) electrons. The molecule has 0 spiro atoms. The Morgan fingerprint density at radius 3 is 2.61 bits per heavy atom. The van der Waals surface area contributed by atoms with Gasteiger partial charge in [0, 0.05) is 17.8 Å². The highest BCUT2D eigenvalue weighted by molar-refractivity contribution is 7.93. The van der Waals surface area contributed by atoms with Crippen molar-refractivity contribution in [2.75, 3.05) is 7.11 Å². The Morgan fingerprint density at radius 1 is 1.06 bits per heavy atom. The highest BCUT2D eigenvalue weighted by atomic mass is 32.2. The van der Waals surface area contributed by atoms with Crippen LogP contribution in [0, 0.1) is 0 Å². The van der Waals surface area contributed by atoms with Crippen LogP contribution in [0.3, 0.4) is 0 Å². The lowest BCUT2D eigenvalue weighted by molar-refractivity contribution is -0.114. The molecule has 0 fully saturated rings. The van der Waals surface area contributed by atoms with Gasteiger partial charge in [0.25, 0.3) is 5.91 Å². The number of hydrogen-bond acceptors (Lipinski definition) is 5. The average molecular weight is 433 g/mol. The Morgan fingerprint density at radius 2 is 1.87 bits per heavy atom. The predicted molar refractivity (Wildman–Crippen MR) is 119 cm³/mol. The number of amides is 1. The molecule has 2 heterocycles. The minimum absolute atomic E-state index is 0.0495. The molecule has 1 unspecified atom stereocenters. The van der Waals surface area contributed by atoms with E-state index in [1.165, 1.54) is 17.2 Å². The van der Waals surface area contributed by atoms with Crippen molar-refractivity contribution in [1.29, 1.82) is 0 Å². The molecule has 7 heteroatoms. The number of pyridine rings is 1.